The molecule has 8 heteroatoms. The first kappa shape index (κ1) is 19.1. The maximum absolute atomic E-state index is 14.7. The van der Waals surface area contributed by atoms with E-state index in [1.807, 2.05) is 25.3 Å². The van der Waals surface area contributed by atoms with Crippen molar-refractivity contribution in [2.24, 2.45) is 0 Å². The van der Waals surface area contributed by atoms with Gasteiger partial charge in [-0.1, -0.05) is 49.1 Å². The summed E-state index contributed by atoms with van der Waals surface area (Å²) in [4.78, 5) is 15.4. The summed E-state index contributed by atoms with van der Waals surface area (Å²) in [7, 11) is -1.67. The molecule has 0 radical (unpaired) electrons. The SMILES string of the molecule is C[Si](C)(C)C=Cc1c(C(=O)O)nc(-c2ccc(Cl)c(F)c2)c(F)c1N. The van der Waals surface area contributed by atoms with E-state index in [9.17, 15) is 18.7 Å². The summed E-state index contributed by atoms with van der Waals surface area (Å²) in [5.74, 6) is -3.02. The van der Waals surface area contributed by atoms with Crippen molar-refractivity contribution in [3.05, 3.63) is 51.8 Å². The van der Waals surface area contributed by atoms with E-state index in [2.05, 4.69) is 4.98 Å². The lowest BCUT2D eigenvalue weighted by Gasteiger charge is -2.13. The largest absolute Gasteiger partial charge is 0.476 e. The van der Waals surface area contributed by atoms with Gasteiger partial charge >= 0.3 is 5.97 Å². The molecule has 1 aromatic carbocycles. The number of nitrogens with two attached hydrogens (primary N) is 1. The Morgan fingerprint density at radius 2 is 1.96 bits per heavy atom. The minimum absolute atomic E-state index is 0.00519. The average Bonchev–Trinajstić information content (AvgIpc) is 2.50. The summed E-state index contributed by atoms with van der Waals surface area (Å²) in [6.45, 7) is 6.11. The maximum atomic E-state index is 14.7. The topological polar surface area (TPSA) is 76.2 Å². The molecule has 1 aromatic heterocycles. The second-order valence-corrected chi connectivity index (χ2v) is 12.1. The number of pyridine rings is 1. The predicted octanol–water partition coefficient (Wildman–Crippen LogP) is 4.85. The van der Waals surface area contributed by atoms with E-state index in [1.165, 1.54) is 18.2 Å². The first-order valence-electron chi connectivity index (χ1n) is 7.38. The summed E-state index contributed by atoms with van der Waals surface area (Å²) < 4.78 is 28.3. The Balaban J connectivity index is 2.71. The second-order valence-electron chi connectivity index (χ2n) is 6.58. The van der Waals surface area contributed by atoms with Crippen molar-refractivity contribution >= 4 is 37.4 Å². The molecule has 0 aliphatic heterocycles. The van der Waals surface area contributed by atoms with Gasteiger partial charge in [-0.25, -0.2) is 18.6 Å². The molecular formula is C17H17ClF2N2O2Si. The Morgan fingerprint density at radius 3 is 2.48 bits per heavy atom. The van der Waals surface area contributed by atoms with E-state index in [4.69, 9.17) is 17.3 Å². The highest BCUT2D eigenvalue weighted by Gasteiger charge is 2.22. The third-order valence-electron chi connectivity index (χ3n) is 3.36. The van der Waals surface area contributed by atoms with E-state index in [-0.39, 0.29) is 27.5 Å². The van der Waals surface area contributed by atoms with Crippen LogP contribution in [0.5, 0.6) is 0 Å². The number of benzene rings is 1. The fourth-order valence-corrected chi connectivity index (χ4v) is 2.88. The number of hydrogen-bond donors (Lipinski definition) is 2. The number of hydrogen-bond acceptors (Lipinski definition) is 3. The molecule has 0 spiro atoms. The molecule has 0 saturated carbocycles. The van der Waals surface area contributed by atoms with Crippen LogP contribution in [0, 0.1) is 11.6 Å². The molecule has 0 saturated heterocycles. The van der Waals surface area contributed by atoms with E-state index < -0.39 is 31.4 Å². The standard InChI is InChI=1S/C17H17ClF2N2O2Si/c1-25(2,3)7-6-10-14(21)13(20)15(22-16(10)17(23)24)9-4-5-11(18)12(19)8-9/h4-8H,1-3H3,(H2,21,22)(H,23,24). The Kier molecular flexibility index (Phi) is 5.29. The van der Waals surface area contributed by atoms with Crippen molar-refractivity contribution in [1.29, 1.82) is 0 Å². The maximum Gasteiger partial charge on any atom is 0.355 e. The lowest BCUT2D eigenvalue weighted by atomic mass is 10.0. The van der Waals surface area contributed by atoms with Gasteiger partial charge in [-0.2, -0.15) is 0 Å². The highest BCUT2D eigenvalue weighted by Crippen LogP contribution is 2.31. The van der Waals surface area contributed by atoms with Gasteiger partial charge in [-0.05, 0) is 12.1 Å². The Hall–Kier alpha value is -2.25. The molecule has 0 aliphatic carbocycles. The lowest BCUT2D eigenvalue weighted by molar-refractivity contribution is 0.0690. The number of nitrogens with zero attached hydrogens (tertiary/aromatic N) is 1. The van der Waals surface area contributed by atoms with Gasteiger partial charge in [0.2, 0.25) is 0 Å². The molecule has 3 N–H and O–H groups in total. The molecule has 0 fully saturated rings. The van der Waals surface area contributed by atoms with Crippen LogP contribution < -0.4 is 5.73 Å². The highest BCUT2D eigenvalue weighted by molar-refractivity contribution is 6.81. The molecule has 0 amide bonds. The van der Waals surface area contributed by atoms with Crippen LogP contribution in [0.2, 0.25) is 24.7 Å². The van der Waals surface area contributed by atoms with Crippen molar-refractivity contribution in [2.75, 3.05) is 5.73 Å². The third-order valence-corrected chi connectivity index (χ3v) is 4.83. The van der Waals surface area contributed by atoms with Crippen molar-refractivity contribution in [3.63, 3.8) is 0 Å². The van der Waals surface area contributed by atoms with Gasteiger partial charge in [-0.3, -0.25) is 0 Å². The molecule has 0 unspecified atom stereocenters. The van der Waals surface area contributed by atoms with Crippen LogP contribution in [-0.4, -0.2) is 24.1 Å². The molecule has 0 bridgehead atoms. The van der Waals surface area contributed by atoms with Gasteiger partial charge in [-0.15, -0.1) is 0 Å². The van der Waals surface area contributed by atoms with Crippen molar-refractivity contribution in [2.45, 2.75) is 19.6 Å². The molecule has 0 atom stereocenters. The number of aromatic nitrogens is 1. The van der Waals surface area contributed by atoms with Crippen LogP contribution in [0.1, 0.15) is 16.1 Å². The lowest BCUT2D eigenvalue weighted by Crippen LogP contribution is -2.16. The van der Waals surface area contributed by atoms with E-state index >= 15 is 0 Å². The number of carbonyl (C=O) groups is 1. The highest BCUT2D eigenvalue weighted by atomic mass is 35.5. The first-order chi connectivity index (χ1) is 11.5. The van der Waals surface area contributed by atoms with Gasteiger partial charge in [0, 0.05) is 11.1 Å². The second kappa shape index (κ2) is 6.93. The summed E-state index contributed by atoms with van der Waals surface area (Å²) in [6.07, 6.45) is 1.49. The normalized spacial score (nSPS) is 11.9. The van der Waals surface area contributed by atoms with Crippen LogP contribution in [0.4, 0.5) is 14.5 Å². The van der Waals surface area contributed by atoms with E-state index in [0.29, 0.717) is 0 Å². The molecule has 132 valence electrons. The molecule has 4 nitrogen and oxygen atoms in total. The molecule has 1 heterocycles. The predicted molar refractivity (Wildman–Crippen MR) is 98.4 cm³/mol. The Labute approximate surface area is 150 Å². The summed E-state index contributed by atoms with van der Waals surface area (Å²) in [5, 5.41) is 9.29. The molecule has 2 rings (SSSR count). The summed E-state index contributed by atoms with van der Waals surface area (Å²) in [5.41, 5.74) is 6.65. The molecule has 25 heavy (non-hydrogen) atoms. The minimum atomic E-state index is -1.67. The summed E-state index contributed by atoms with van der Waals surface area (Å²) >= 11 is 5.62. The van der Waals surface area contributed by atoms with Crippen LogP contribution in [0.3, 0.4) is 0 Å². The van der Waals surface area contributed by atoms with Crippen molar-refractivity contribution in [3.8, 4) is 11.3 Å². The first-order valence-corrected chi connectivity index (χ1v) is 11.3. The van der Waals surface area contributed by atoms with Crippen LogP contribution in [0.15, 0.2) is 23.9 Å². The van der Waals surface area contributed by atoms with Crippen molar-refractivity contribution < 1.29 is 18.7 Å². The van der Waals surface area contributed by atoms with Crippen LogP contribution in [-0.2, 0) is 0 Å². The number of anilines is 1. The number of halogens is 3. The summed E-state index contributed by atoms with van der Waals surface area (Å²) in [6, 6.07) is 3.57. The van der Waals surface area contributed by atoms with Crippen molar-refractivity contribution in [1.82, 2.24) is 4.98 Å². The van der Waals surface area contributed by atoms with Crippen LogP contribution >= 0.6 is 11.6 Å². The number of nitrogen functional groups attached to an aromatic ring is 1. The fraction of sp³-hybridized carbons (Fsp3) is 0.176. The van der Waals surface area contributed by atoms with Gasteiger partial charge in [0.05, 0.1) is 18.8 Å². The minimum Gasteiger partial charge on any atom is -0.476 e. The molecule has 2 aromatic rings. The zero-order chi connectivity index (χ0) is 18.9. The number of carboxylic acids is 1. The number of aromatic carboxylic acids is 1. The monoisotopic (exact) mass is 382 g/mol. The smallest absolute Gasteiger partial charge is 0.355 e. The number of carboxylic acid groups (broad SMARTS) is 1. The van der Waals surface area contributed by atoms with Gasteiger partial charge < -0.3 is 10.8 Å². The molecule has 0 aliphatic rings. The van der Waals surface area contributed by atoms with E-state index in [1.54, 1.807) is 0 Å². The zero-order valence-electron chi connectivity index (χ0n) is 13.9. The quantitative estimate of drug-likeness (QED) is 0.741. The fourth-order valence-electron chi connectivity index (χ4n) is 2.09. The number of rotatable bonds is 4. The van der Waals surface area contributed by atoms with E-state index in [0.717, 1.165) is 6.07 Å². The average molecular weight is 383 g/mol. The van der Waals surface area contributed by atoms with Crippen LogP contribution in [0.25, 0.3) is 17.3 Å². The third kappa shape index (κ3) is 4.24. The van der Waals surface area contributed by atoms with Gasteiger partial charge in [0.1, 0.15) is 11.5 Å². The Morgan fingerprint density at radius 1 is 1.32 bits per heavy atom. The van der Waals surface area contributed by atoms with Gasteiger partial charge in [0.25, 0.3) is 0 Å². The van der Waals surface area contributed by atoms with Gasteiger partial charge in [0.15, 0.2) is 11.5 Å². The Bertz CT molecular complexity index is 880. The zero-order valence-corrected chi connectivity index (χ0v) is 15.7. The molecular weight excluding hydrogens is 366 g/mol.